The van der Waals surface area contributed by atoms with Gasteiger partial charge in [-0.15, -0.1) is 0 Å². The zero-order chi connectivity index (χ0) is 39.6. The van der Waals surface area contributed by atoms with Crippen LogP contribution in [0.1, 0.15) is 130 Å². The van der Waals surface area contributed by atoms with E-state index in [-0.39, 0.29) is 29.0 Å². The second kappa shape index (κ2) is 16.2. The molecule has 296 valence electrons. The Morgan fingerprint density at radius 3 is 1.17 bits per heavy atom. The molecule has 0 spiro atoms. The van der Waals surface area contributed by atoms with E-state index in [0.29, 0.717) is 34.7 Å². The van der Waals surface area contributed by atoms with Crippen molar-refractivity contribution in [3.05, 3.63) is 131 Å². The Morgan fingerprint density at radius 1 is 0.431 bits per heavy atom. The summed E-state index contributed by atoms with van der Waals surface area (Å²) in [6.45, 7) is 0. The highest BCUT2D eigenvalue weighted by atomic mass is 16.5. The van der Waals surface area contributed by atoms with Crippen LogP contribution in [0.25, 0.3) is 0 Å². The van der Waals surface area contributed by atoms with Gasteiger partial charge in [-0.25, -0.2) is 9.80 Å². The Labute approximate surface area is 340 Å². The topological polar surface area (TPSA) is 93.2 Å². The molecule has 0 bridgehead atoms. The molecule has 9 rings (SSSR count). The van der Waals surface area contributed by atoms with Crippen LogP contribution >= 0.6 is 0 Å². The van der Waals surface area contributed by atoms with Crippen molar-refractivity contribution in [2.24, 2.45) is 0 Å². The Bertz CT molecular complexity index is 2080. The van der Waals surface area contributed by atoms with Crippen molar-refractivity contribution in [1.82, 2.24) is 0 Å². The first-order chi connectivity index (χ1) is 28.4. The molecule has 4 aromatic rings. The third-order valence-electron chi connectivity index (χ3n) is 13.2. The smallest absolute Gasteiger partial charge is 0.258 e. The van der Waals surface area contributed by atoms with Gasteiger partial charge in [-0.3, -0.25) is 19.2 Å². The number of imide groups is 2. The van der Waals surface area contributed by atoms with Gasteiger partial charge in [0.05, 0.1) is 11.4 Å². The lowest BCUT2D eigenvalue weighted by molar-refractivity contribution is -0.121. The SMILES string of the molecule is O=C1C=CC(=O)N1c1ccc(Oc2ccc(C3(c4ccc(Oc5ccc(N6C(=O)C=CC6=O)cc5)c(C5CCCCC5)c4)CCCCC3)cc2C2CCCCC2)cc1. The maximum Gasteiger partial charge on any atom is 0.258 e. The molecule has 0 radical (unpaired) electrons. The Morgan fingerprint density at radius 2 is 0.793 bits per heavy atom. The molecular weight excluding hydrogens is 725 g/mol. The minimum atomic E-state index is -0.335. The van der Waals surface area contributed by atoms with E-state index < -0.39 is 0 Å². The molecule has 3 fully saturated rings. The van der Waals surface area contributed by atoms with Crippen LogP contribution in [0.15, 0.2) is 109 Å². The van der Waals surface area contributed by atoms with Gasteiger partial charge in [-0.1, -0.05) is 82.1 Å². The molecule has 0 aromatic heterocycles. The molecule has 8 heteroatoms. The molecule has 0 unspecified atom stereocenters. The van der Waals surface area contributed by atoms with Gasteiger partial charge in [-0.05, 0) is 133 Å². The maximum atomic E-state index is 12.3. The summed E-state index contributed by atoms with van der Waals surface area (Å²) < 4.78 is 13.3. The fraction of sp³-hybridized carbons (Fsp3) is 0.360. The number of hydrogen-bond acceptors (Lipinski definition) is 6. The van der Waals surface area contributed by atoms with Gasteiger partial charge in [-0.2, -0.15) is 0 Å². The lowest BCUT2D eigenvalue weighted by Crippen LogP contribution is -2.31. The van der Waals surface area contributed by atoms with Gasteiger partial charge in [0.1, 0.15) is 23.0 Å². The van der Waals surface area contributed by atoms with Gasteiger partial charge in [0, 0.05) is 29.7 Å². The van der Waals surface area contributed by atoms with Crippen molar-refractivity contribution in [1.29, 1.82) is 0 Å². The average molecular weight is 775 g/mol. The molecule has 2 heterocycles. The molecule has 3 saturated carbocycles. The summed E-state index contributed by atoms with van der Waals surface area (Å²) in [5.74, 6) is 2.57. The molecule has 4 amide bonds. The first-order valence-electron chi connectivity index (χ1n) is 21.3. The molecule has 0 N–H and O–H groups in total. The summed E-state index contributed by atoms with van der Waals surface area (Å²) >= 11 is 0. The summed E-state index contributed by atoms with van der Waals surface area (Å²) in [5, 5.41) is 0. The molecular formula is C50H50N2O6. The number of nitrogens with zero attached hydrogens (tertiary/aromatic N) is 2. The predicted molar refractivity (Wildman–Crippen MR) is 225 cm³/mol. The van der Waals surface area contributed by atoms with Crippen molar-refractivity contribution in [3.8, 4) is 23.0 Å². The molecule has 0 saturated heterocycles. The van der Waals surface area contributed by atoms with Gasteiger partial charge in [0.15, 0.2) is 0 Å². The van der Waals surface area contributed by atoms with Gasteiger partial charge >= 0.3 is 0 Å². The van der Waals surface area contributed by atoms with Gasteiger partial charge in [0.25, 0.3) is 23.6 Å². The monoisotopic (exact) mass is 774 g/mol. The highest BCUT2D eigenvalue weighted by Crippen LogP contribution is 2.50. The first kappa shape index (κ1) is 37.8. The highest BCUT2D eigenvalue weighted by Gasteiger charge is 2.38. The van der Waals surface area contributed by atoms with Crippen molar-refractivity contribution in [2.75, 3.05) is 9.80 Å². The van der Waals surface area contributed by atoms with Crippen LogP contribution in [0.5, 0.6) is 23.0 Å². The van der Waals surface area contributed by atoms with Crippen LogP contribution in [-0.4, -0.2) is 23.6 Å². The normalized spacial score (nSPS) is 20.0. The van der Waals surface area contributed by atoms with E-state index in [1.165, 1.54) is 114 Å². The quantitative estimate of drug-likeness (QED) is 0.149. The Balaban J connectivity index is 1.05. The second-order valence-corrected chi connectivity index (χ2v) is 16.7. The van der Waals surface area contributed by atoms with Crippen LogP contribution in [0.2, 0.25) is 0 Å². The zero-order valence-electron chi connectivity index (χ0n) is 33.0. The van der Waals surface area contributed by atoms with Crippen LogP contribution < -0.4 is 19.3 Å². The predicted octanol–water partition coefficient (Wildman–Crippen LogP) is 11.5. The number of carbonyl (C=O) groups excluding carboxylic acids is 4. The summed E-state index contributed by atoms with van der Waals surface area (Å²) in [6, 6.07) is 28.3. The lowest BCUT2D eigenvalue weighted by Gasteiger charge is -2.40. The van der Waals surface area contributed by atoms with E-state index in [1.54, 1.807) is 24.3 Å². The zero-order valence-corrected chi connectivity index (χ0v) is 33.0. The van der Waals surface area contributed by atoms with Crippen LogP contribution in [0.4, 0.5) is 11.4 Å². The van der Waals surface area contributed by atoms with E-state index in [2.05, 4.69) is 36.4 Å². The first-order valence-corrected chi connectivity index (χ1v) is 21.3. The fourth-order valence-corrected chi connectivity index (χ4v) is 10.1. The summed E-state index contributed by atoms with van der Waals surface area (Å²) in [5.41, 5.74) is 6.16. The van der Waals surface area contributed by atoms with Crippen LogP contribution in [0.3, 0.4) is 0 Å². The molecule has 3 aliphatic carbocycles. The molecule has 58 heavy (non-hydrogen) atoms. The molecule has 4 aromatic carbocycles. The number of amides is 4. The maximum absolute atomic E-state index is 12.3. The molecule has 8 nitrogen and oxygen atoms in total. The van der Waals surface area contributed by atoms with E-state index in [4.69, 9.17) is 9.47 Å². The van der Waals surface area contributed by atoms with Crippen molar-refractivity contribution in [3.63, 3.8) is 0 Å². The number of benzene rings is 4. The standard InChI is InChI=1S/C50H50N2O6/c53-46-26-27-47(54)51(46)38-16-20-40(21-17-38)57-44-24-14-36(32-42(44)34-10-4-1-5-11-34)50(30-8-3-9-31-50)37-15-25-45(43(33-37)35-12-6-2-7-13-35)58-41-22-18-39(19-23-41)52-48(55)28-29-49(52)56/h14-29,32-35H,1-13,30-31H2. The minimum absolute atomic E-state index is 0.142. The summed E-state index contributed by atoms with van der Waals surface area (Å²) in [7, 11) is 0. The molecule has 0 atom stereocenters. The van der Waals surface area contributed by atoms with E-state index >= 15 is 0 Å². The number of carbonyl (C=O) groups is 4. The third-order valence-corrected chi connectivity index (χ3v) is 13.2. The highest BCUT2D eigenvalue weighted by molar-refractivity contribution is 6.28. The van der Waals surface area contributed by atoms with Crippen molar-refractivity contribution in [2.45, 2.75) is 114 Å². The lowest BCUT2D eigenvalue weighted by atomic mass is 9.64. The Hall–Kier alpha value is -5.76. The fourth-order valence-electron chi connectivity index (χ4n) is 10.1. The van der Waals surface area contributed by atoms with Crippen LogP contribution in [0, 0.1) is 0 Å². The second-order valence-electron chi connectivity index (χ2n) is 16.7. The number of rotatable bonds is 10. The van der Waals surface area contributed by atoms with Gasteiger partial charge in [0.2, 0.25) is 0 Å². The van der Waals surface area contributed by atoms with Crippen molar-refractivity contribution < 1.29 is 28.7 Å². The van der Waals surface area contributed by atoms with E-state index in [9.17, 15) is 19.2 Å². The van der Waals surface area contributed by atoms with Crippen LogP contribution in [-0.2, 0) is 24.6 Å². The largest absolute Gasteiger partial charge is 0.457 e. The van der Waals surface area contributed by atoms with E-state index in [1.807, 2.05) is 24.3 Å². The Kier molecular flexibility index (Phi) is 10.6. The van der Waals surface area contributed by atoms with Crippen molar-refractivity contribution >= 4 is 35.0 Å². The number of hydrogen-bond donors (Lipinski definition) is 0. The third kappa shape index (κ3) is 7.41. The van der Waals surface area contributed by atoms with E-state index in [0.717, 1.165) is 50.0 Å². The summed E-state index contributed by atoms with van der Waals surface area (Å²) in [4.78, 5) is 51.5. The number of anilines is 2. The minimum Gasteiger partial charge on any atom is -0.457 e. The molecule has 5 aliphatic rings. The molecule has 2 aliphatic heterocycles. The summed E-state index contributed by atoms with van der Waals surface area (Å²) in [6.07, 6.45) is 22.8. The van der Waals surface area contributed by atoms with Gasteiger partial charge < -0.3 is 9.47 Å². The number of ether oxygens (including phenoxy) is 2. The average Bonchev–Trinajstić information content (AvgIpc) is 3.80.